The highest BCUT2D eigenvalue weighted by atomic mass is 35.5. The SMILES string of the molecule is COc1ccc2[nH]c3c(c2c1)[C@@H]1CCCN(C1)[C@H]3C(=O)O.Cl. The van der Waals surface area contributed by atoms with Crippen molar-refractivity contribution in [2.75, 3.05) is 20.2 Å². The number of aromatic nitrogens is 1. The van der Waals surface area contributed by atoms with Gasteiger partial charge >= 0.3 is 5.97 Å². The normalized spacial score (nSPS) is 26.1. The quantitative estimate of drug-likeness (QED) is 0.892. The zero-order valence-corrected chi connectivity index (χ0v) is 13.2. The van der Waals surface area contributed by atoms with Crippen LogP contribution in [-0.2, 0) is 4.79 Å². The summed E-state index contributed by atoms with van der Waals surface area (Å²) >= 11 is 0. The minimum absolute atomic E-state index is 0. The number of H-pyrrole nitrogens is 1. The molecule has 4 rings (SSSR count). The minimum atomic E-state index is -0.768. The van der Waals surface area contributed by atoms with Gasteiger partial charge in [-0.3, -0.25) is 9.69 Å². The number of methoxy groups -OCH3 is 1. The van der Waals surface area contributed by atoms with E-state index in [0.717, 1.165) is 48.3 Å². The van der Waals surface area contributed by atoms with Crippen LogP contribution in [0.15, 0.2) is 18.2 Å². The van der Waals surface area contributed by atoms with E-state index in [9.17, 15) is 9.90 Å². The van der Waals surface area contributed by atoms with Crippen LogP contribution in [0.1, 0.15) is 36.1 Å². The summed E-state index contributed by atoms with van der Waals surface area (Å²) in [6.07, 6.45) is 2.19. The molecule has 118 valence electrons. The van der Waals surface area contributed by atoms with Crippen molar-refractivity contribution >= 4 is 29.3 Å². The first-order valence-electron chi connectivity index (χ1n) is 7.35. The number of nitrogens with one attached hydrogen (secondary N) is 1. The Labute approximate surface area is 134 Å². The van der Waals surface area contributed by atoms with Gasteiger partial charge in [-0.2, -0.15) is 0 Å². The lowest BCUT2D eigenvalue weighted by Crippen LogP contribution is -2.44. The molecule has 0 radical (unpaired) electrons. The number of piperidine rings is 1. The number of rotatable bonds is 2. The first-order chi connectivity index (χ1) is 10.2. The van der Waals surface area contributed by atoms with E-state index in [1.807, 2.05) is 18.2 Å². The number of aliphatic carboxylic acids is 1. The lowest BCUT2D eigenvalue weighted by molar-refractivity contribution is -0.144. The Kier molecular flexibility index (Phi) is 3.78. The Morgan fingerprint density at radius 3 is 3.00 bits per heavy atom. The molecule has 0 amide bonds. The fourth-order valence-electron chi connectivity index (χ4n) is 3.93. The predicted octanol–water partition coefficient (Wildman–Crippen LogP) is 2.92. The fourth-order valence-corrected chi connectivity index (χ4v) is 3.93. The third-order valence-corrected chi connectivity index (χ3v) is 4.81. The van der Waals surface area contributed by atoms with Gasteiger partial charge in [-0.25, -0.2) is 0 Å². The molecule has 3 heterocycles. The molecule has 2 aliphatic heterocycles. The lowest BCUT2D eigenvalue weighted by atomic mass is 9.82. The third kappa shape index (κ3) is 2.08. The van der Waals surface area contributed by atoms with Gasteiger partial charge in [0.05, 0.1) is 7.11 Å². The van der Waals surface area contributed by atoms with E-state index in [-0.39, 0.29) is 12.4 Å². The van der Waals surface area contributed by atoms with Gasteiger partial charge in [-0.15, -0.1) is 12.4 Å². The lowest BCUT2D eigenvalue weighted by Gasteiger charge is -2.41. The molecule has 1 unspecified atom stereocenters. The van der Waals surface area contributed by atoms with E-state index >= 15 is 0 Å². The van der Waals surface area contributed by atoms with E-state index in [1.165, 1.54) is 5.56 Å². The van der Waals surface area contributed by atoms with Crippen molar-refractivity contribution in [3.63, 3.8) is 0 Å². The average molecular weight is 323 g/mol. The highest BCUT2D eigenvalue weighted by molar-refractivity contribution is 5.90. The van der Waals surface area contributed by atoms with Gasteiger partial charge in [0.2, 0.25) is 0 Å². The molecule has 2 aliphatic rings. The molecule has 0 aliphatic carbocycles. The van der Waals surface area contributed by atoms with Gasteiger partial charge in [0.1, 0.15) is 11.8 Å². The van der Waals surface area contributed by atoms with Crippen molar-refractivity contribution in [3.8, 4) is 5.75 Å². The molecule has 1 aromatic heterocycles. The number of benzene rings is 1. The molecule has 2 aromatic rings. The first-order valence-corrected chi connectivity index (χ1v) is 7.35. The molecule has 22 heavy (non-hydrogen) atoms. The summed E-state index contributed by atoms with van der Waals surface area (Å²) < 4.78 is 5.32. The van der Waals surface area contributed by atoms with Gasteiger partial charge < -0.3 is 14.8 Å². The molecule has 0 spiro atoms. The molecular weight excluding hydrogens is 304 g/mol. The van der Waals surface area contributed by atoms with Crippen molar-refractivity contribution < 1.29 is 14.6 Å². The van der Waals surface area contributed by atoms with Crippen molar-refractivity contribution in [2.24, 2.45) is 0 Å². The van der Waals surface area contributed by atoms with Gasteiger partial charge in [0.15, 0.2) is 0 Å². The van der Waals surface area contributed by atoms with Crippen molar-refractivity contribution in [3.05, 3.63) is 29.5 Å². The number of halogens is 1. The number of hydrogen-bond donors (Lipinski definition) is 2. The Balaban J connectivity index is 0.00000144. The number of fused-ring (bicyclic) bond motifs is 6. The smallest absolute Gasteiger partial charge is 0.327 e. The van der Waals surface area contributed by atoms with Crippen LogP contribution in [0, 0.1) is 0 Å². The summed E-state index contributed by atoms with van der Waals surface area (Å²) in [5, 5.41) is 10.7. The van der Waals surface area contributed by atoms with Gasteiger partial charge in [0.25, 0.3) is 0 Å². The summed E-state index contributed by atoms with van der Waals surface area (Å²) in [7, 11) is 1.66. The van der Waals surface area contributed by atoms with Crippen LogP contribution in [0.2, 0.25) is 0 Å². The Morgan fingerprint density at radius 1 is 1.45 bits per heavy atom. The zero-order chi connectivity index (χ0) is 14.6. The molecule has 1 fully saturated rings. The highest BCUT2D eigenvalue weighted by Gasteiger charge is 2.41. The monoisotopic (exact) mass is 322 g/mol. The second kappa shape index (κ2) is 5.48. The molecule has 2 N–H and O–H groups in total. The Morgan fingerprint density at radius 2 is 2.27 bits per heavy atom. The van der Waals surface area contributed by atoms with Crippen LogP contribution in [-0.4, -0.2) is 41.2 Å². The summed E-state index contributed by atoms with van der Waals surface area (Å²) in [5.74, 6) is 0.467. The van der Waals surface area contributed by atoms with Crippen LogP contribution >= 0.6 is 12.4 Å². The number of aromatic amines is 1. The summed E-state index contributed by atoms with van der Waals surface area (Å²) in [6, 6.07) is 5.36. The minimum Gasteiger partial charge on any atom is -0.497 e. The van der Waals surface area contributed by atoms with E-state index in [4.69, 9.17) is 4.74 Å². The third-order valence-electron chi connectivity index (χ3n) is 4.81. The second-order valence-electron chi connectivity index (χ2n) is 5.94. The number of hydrogen-bond acceptors (Lipinski definition) is 3. The zero-order valence-electron chi connectivity index (χ0n) is 12.3. The van der Waals surface area contributed by atoms with E-state index < -0.39 is 12.0 Å². The van der Waals surface area contributed by atoms with Crippen LogP contribution in [0.3, 0.4) is 0 Å². The molecule has 5 nitrogen and oxygen atoms in total. The Hall–Kier alpha value is -1.72. The van der Waals surface area contributed by atoms with Crippen LogP contribution in [0.5, 0.6) is 5.75 Å². The number of carboxylic acids is 1. The summed E-state index contributed by atoms with van der Waals surface area (Å²) in [6.45, 7) is 1.71. The molecule has 6 heteroatoms. The number of ether oxygens (including phenoxy) is 1. The summed E-state index contributed by atoms with van der Waals surface area (Å²) in [4.78, 5) is 17.2. The fraction of sp³-hybridized carbons (Fsp3) is 0.438. The molecule has 1 aromatic carbocycles. The standard InChI is InChI=1S/C16H18N2O3.ClH/c1-21-10-4-5-12-11(7-10)13-9-3-2-6-18(8-9)15(16(19)20)14(13)17-12;/h4-5,7,9,15,17H,2-3,6,8H2,1H3,(H,19,20);1H/t9-,15-;/m1./s1. The maximum atomic E-state index is 11.7. The molecule has 0 saturated carbocycles. The van der Waals surface area contributed by atoms with Gasteiger partial charge in [0, 0.05) is 23.1 Å². The van der Waals surface area contributed by atoms with Crippen LogP contribution in [0.25, 0.3) is 10.9 Å². The highest BCUT2D eigenvalue weighted by Crippen LogP contribution is 2.45. The maximum absolute atomic E-state index is 11.7. The van der Waals surface area contributed by atoms with Gasteiger partial charge in [-0.1, -0.05) is 0 Å². The van der Waals surface area contributed by atoms with E-state index in [2.05, 4.69) is 9.88 Å². The van der Waals surface area contributed by atoms with Crippen molar-refractivity contribution in [2.45, 2.75) is 24.8 Å². The van der Waals surface area contributed by atoms with Crippen LogP contribution in [0.4, 0.5) is 0 Å². The number of nitrogens with zero attached hydrogens (tertiary/aromatic N) is 1. The van der Waals surface area contributed by atoms with E-state index in [0.29, 0.717) is 5.92 Å². The first kappa shape index (κ1) is 15.2. The van der Waals surface area contributed by atoms with Crippen molar-refractivity contribution in [1.29, 1.82) is 0 Å². The van der Waals surface area contributed by atoms with Gasteiger partial charge in [-0.05, 0) is 49.1 Å². The van der Waals surface area contributed by atoms with Crippen LogP contribution < -0.4 is 4.74 Å². The molecule has 2 bridgehead atoms. The topological polar surface area (TPSA) is 65.6 Å². The molecular formula is C16H19ClN2O3. The predicted molar refractivity (Wildman–Crippen MR) is 86.0 cm³/mol. The summed E-state index contributed by atoms with van der Waals surface area (Å²) in [5.41, 5.74) is 3.05. The van der Waals surface area contributed by atoms with Crippen molar-refractivity contribution in [1.82, 2.24) is 9.88 Å². The second-order valence-corrected chi connectivity index (χ2v) is 5.94. The maximum Gasteiger partial charge on any atom is 0.327 e. The molecule has 3 atom stereocenters. The number of carboxylic acid groups (broad SMARTS) is 1. The van der Waals surface area contributed by atoms with E-state index in [1.54, 1.807) is 7.11 Å². The number of carbonyl (C=O) groups is 1. The Bertz CT molecular complexity index is 727. The molecule has 1 saturated heterocycles. The average Bonchev–Trinajstić information content (AvgIpc) is 2.85. The largest absolute Gasteiger partial charge is 0.497 e.